The fourth-order valence-electron chi connectivity index (χ4n) is 2.70. The van der Waals surface area contributed by atoms with Crippen molar-refractivity contribution in [3.63, 3.8) is 0 Å². The molecule has 0 saturated carbocycles. The van der Waals surface area contributed by atoms with Crippen molar-refractivity contribution < 1.29 is 14.3 Å². The molecule has 1 aromatic heterocycles. The van der Waals surface area contributed by atoms with Gasteiger partial charge in [0.15, 0.2) is 0 Å². The summed E-state index contributed by atoms with van der Waals surface area (Å²) >= 11 is 1.41. The van der Waals surface area contributed by atoms with Crippen molar-refractivity contribution >= 4 is 23.6 Å². The molecule has 0 unspecified atom stereocenters. The molecule has 2 N–H and O–H groups in total. The molecule has 0 radical (unpaired) electrons. The second-order valence-corrected chi connectivity index (χ2v) is 7.79. The summed E-state index contributed by atoms with van der Waals surface area (Å²) in [6.07, 6.45) is 1.78. The van der Waals surface area contributed by atoms with Gasteiger partial charge in [0.1, 0.15) is 10.8 Å². The van der Waals surface area contributed by atoms with E-state index in [4.69, 9.17) is 4.74 Å². The molecule has 0 aliphatic rings. The number of methoxy groups -OCH3 is 1. The number of nitrogens with zero attached hydrogens (tertiary/aromatic N) is 1. The first-order valence-electron chi connectivity index (χ1n) is 9.38. The lowest BCUT2D eigenvalue weighted by atomic mass is 10.1. The Morgan fingerprint density at radius 2 is 1.77 bits per heavy atom. The highest BCUT2D eigenvalue weighted by Gasteiger charge is 2.15. The fraction of sp³-hybridized carbons (Fsp3) is 0.174. The van der Waals surface area contributed by atoms with Crippen LogP contribution in [0.4, 0.5) is 0 Å². The van der Waals surface area contributed by atoms with Crippen molar-refractivity contribution in [3.8, 4) is 5.75 Å². The summed E-state index contributed by atoms with van der Waals surface area (Å²) < 4.78 is 5.10. The number of ether oxygens (including phenoxy) is 1. The fourth-order valence-corrected chi connectivity index (χ4v) is 3.68. The number of aryl methyl sites for hydroxylation is 2. The predicted molar refractivity (Wildman–Crippen MR) is 117 cm³/mol. The largest absolute Gasteiger partial charge is 0.497 e. The van der Waals surface area contributed by atoms with Crippen LogP contribution < -0.4 is 15.6 Å². The Hall–Kier alpha value is -3.32. The van der Waals surface area contributed by atoms with Crippen molar-refractivity contribution in [1.29, 1.82) is 0 Å². The van der Waals surface area contributed by atoms with Gasteiger partial charge < -0.3 is 4.74 Å². The van der Waals surface area contributed by atoms with Crippen LogP contribution in [-0.2, 0) is 11.2 Å². The molecule has 154 valence electrons. The zero-order valence-electron chi connectivity index (χ0n) is 17.1. The van der Waals surface area contributed by atoms with E-state index >= 15 is 0 Å². The van der Waals surface area contributed by atoms with Gasteiger partial charge in [-0.15, -0.1) is 0 Å². The first kappa shape index (κ1) is 21.4. The number of hydrogen-bond acceptors (Lipinski definition) is 5. The monoisotopic (exact) mass is 421 g/mol. The average Bonchev–Trinajstić information content (AvgIpc) is 2.75. The second-order valence-electron chi connectivity index (χ2n) is 6.73. The van der Waals surface area contributed by atoms with Crippen LogP contribution in [0.2, 0.25) is 0 Å². The van der Waals surface area contributed by atoms with Gasteiger partial charge in [-0.05, 0) is 66.9 Å². The van der Waals surface area contributed by atoms with Crippen LogP contribution in [-0.4, -0.2) is 23.9 Å². The number of hydrogen-bond donors (Lipinski definition) is 2. The van der Waals surface area contributed by atoms with Gasteiger partial charge in [0.2, 0.25) is 5.91 Å². The Morgan fingerprint density at radius 1 is 1.00 bits per heavy atom. The Labute approximate surface area is 180 Å². The molecule has 0 aliphatic carbocycles. The molecule has 1 heterocycles. The van der Waals surface area contributed by atoms with E-state index in [-0.39, 0.29) is 12.3 Å². The average molecular weight is 422 g/mol. The summed E-state index contributed by atoms with van der Waals surface area (Å²) in [5.74, 6) is -0.0175. The number of pyridine rings is 1. The van der Waals surface area contributed by atoms with Gasteiger partial charge in [0.05, 0.1) is 19.1 Å². The molecule has 2 amide bonds. The summed E-state index contributed by atoms with van der Waals surface area (Å²) in [5, 5.41) is 0.572. The van der Waals surface area contributed by atoms with Crippen LogP contribution in [0.25, 0.3) is 0 Å². The molecule has 0 bridgehead atoms. The quantitative estimate of drug-likeness (QED) is 0.591. The lowest BCUT2D eigenvalue weighted by molar-refractivity contribution is -0.121. The van der Waals surface area contributed by atoms with Crippen molar-refractivity contribution in [3.05, 3.63) is 83.0 Å². The molecule has 6 nitrogen and oxygen atoms in total. The molecule has 30 heavy (non-hydrogen) atoms. The van der Waals surface area contributed by atoms with Gasteiger partial charge >= 0.3 is 0 Å². The zero-order chi connectivity index (χ0) is 21.5. The van der Waals surface area contributed by atoms with Gasteiger partial charge in [0, 0.05) is 11.1 Å². The van der Waals surface area contributed by atoms with E-state index in [1.165, 1.54) is 22.9 Å². The number of aromatic nitrogens is 1. The number of nitrogens with one attached hydrogen (secondary N) is 2. The minimum absolute atomic E-state index is 0.140. The van der Waals surface area contributed by atoms with E-state index in [2.05, 4.69) is 28.8 Å². The molecule has 0 aliphatic heterocycles. The number of amides is 2. The molecule has 3 aromatic rings. The number of rotatable bonds is 6. The molecular weight excluding hydrogens is 398 g/mol. The van der Waals surface area contributed by atoms with Crippen molar-refractivity contribution in [2.24, 2.45) is 0 Å². The third kappa shape index (κ3) is 5.61. The van der Waals surface area contributed by atoms with E-state index in [1.54, 1.807) is 49.7 Å². The van der Waals surface area contributed by atoms with Crippen LogP contribution in [0.1, 0.15) is 27.0 Å². The molecule has 0 spiro atoms. The van der Waals surface area contributed by atoms with Gasteiger partial charge in [0.25, 0.3) is 5.91 Å². The summed E-state index contributed by atoms with van der Waals surface area (Å²) in [6, 6.07) is 16.7. The minimum atomic E-state index is -0.419. The molecule has 0 saturated heterocycles. The number of carbonyl (C=O) groups excluding carboxylic acids is 2. The molecule has 0 atom stereocenters. The third-order valence-electron chi connectivity index (χ3n) is 4.55. The Kier molecular flexibility index (Phi) is 7.08. The van der Waals surface area contributed by atoms with Gasteiger partial charge in [-0.25, -0.2) is 4.98 Å². The first-order valence-corrected chi connectivity index (χ1v) is 10.2. The van der Waals surface area contributed by atoms with Crippen molar-refractivity contribution in [2.45, 2.75) is 30.2 Å². The third-order valence-corrected chi connectivity index (χ3v) is 5.56. The van der Waals surface area contributed by atoms with Crippen molar-refractivity contribution in [1.82, 2.24) is 15.8 Å². The van der Waals surface area contributed by atoms with Crippen LogP contribution in [0.3, 0.4) is 0 Å². The standard InChI is InChI=1S/C23H23N3O3S/c1-15-6-11-19(13-16(15)2)30-23-20(5-4-12-24-23)22(28)26-25-21(27)14-17-7-9-18(29-3)10-8-17/h4-13H,14H2,1-3H3,(H,25,27)(H,26,28). The molecule has 3 rings (SSSR count). The van der Waals surface area contributed by atoms with E-state index < -0.39 is 5.91 Å². The summed E-state index contributed by atoms with van der Waals surface area (Å²) in [6.45, 7) is 4.10. The number of benzene rings is 2. The molecule has 7 heteroatoms. The maximum atomic E-state index is 12.6. The highest BCUT2D eigenvalue weighted by atomic mass is 32.2. The van der Waals surface area contributed by atoms with Crippen LogP contribution in [0.15, 0.2) is 70.7 Å². The van der Waals surface area contributed by atoms with E-state index in [9.17, 15) is 9.59 Å². The maximum absolute atomic E-state index is 12.6. The second kappa shape index (κ2) is 9.93. The lowest BCUT2D eigenvalue weighted by Gasteiger charge is -2.11. The van der Waals surface area contributed by atoms with Gasteiger partial charge in [-0.2, -0.15) is 0 Å². The number of hydrazine groups is 1. The predicted octanol–water partition coefficient (Wildman–Crippen LogP) is 3.86. The Morgan fingerprint density at radius 3 is 2.47 bits per heavy atom. The Balaban J connectivity index is 1.62. The van der Waals surface area contributed by atoms with E-state index in [1.807, 2.05) is 19.1 Å². The smallest absolute Gasteiger partial charge is 0.272 e. The van der Waals surface area contributed by atoms with Crippen LogP contribution in [0, 0.1) is 13.8 Å². The van der Waals surface area contributed by atoms with Gasteiger partial charge in [-0.3, -0.25) is 20.4 Å². The van der Waals surface area contributed by atoms with E-state index in [0.29, 0.717) is 10.6 Å². The first-order chi connectivity index (χ1) is 14.5. The minimum Gasteiger partial charge on any atom is -0.497 e. The van der Waals surface area contributed by atoms with Crippen LogP contribution in [0.5, 0.6) is 5.75 Å². The van der Waals surface area contributed by atoms with E-state index in [0.717, 1.165) is 16.2 Å². The molecule has 2 aromatic carbocycles. The lowest BCUT2D eigenvalue weighted by Crippen LogP contribution is -2.42. The normalized spacial score (nSPS) is 10.4. The SMILES string of the molecule is COc1ccc(CC(=O)NNC(=O)c2cccnc2Sc2ccc(C)c(C)c2)cc1. The topological polar surface area (TPSA) is 80.3 Å². The zero-order valence-corrected chi connectivity index (χ0v) is 17.9. The molecular formula is C23H23N3O3S. The summed E-state index contributed by atoms with van der Waals surface area (Å²) in [7, 11) is 1.59. The van der Waals surface area contributed by atoms with Crippen LogP contribution >= 0.6 is 11.8 Å². The highest BCUT2D eigenvalue weighted by molar-refractivity contribution is 7.99. The maximum Gasteiger partial charge on any atom is 0.272 e. The van der Waals surface area contributed by atoms with Crippen molar-refractivity contribution in [2.75, 3.05) is 7.11 Å². The highest BCUT2D eigenvalue weighted by Crippen LogP contribution is 2.29. The van der Waals surface area contributed by atoms with Gasteiger partial charge in [-0.1, -0.05) is 30.0 Å². The summed E-state index contributed by atoms with van der Waals surface area (Å²) in [5.41, 5.74) is 8.52. The summed E-state index contributed by atoms with van der Waals surface area (Å²) in [4.78, 5) is 30.1. The Bertz CT molecular complexity index is 1050. The number of carbonyl (C=O) groups is 2. The molecule has 0 fully saturated rings.